The van der Waals surface area contributed by atoms with E-state index in [1.807, 2.05) is 0 Å². The van der Waals surface area contributed by atoms with E-state index < -0.39 is 0 Å². The monoisotopic (exact) mass is 146 g/mol. The smallest absolute Gasteiger partial charge is 0.218 e. The maximum Gasteiger partial charge on any atom is 0.218 e. The van der Waals surface area contributed by atoms with E-state index in [4.69, 9.17) is 10.8 Å². The van der Waals surface area contributed by atoms with E-state index in [1.54, 1.807) is 0 Å². The molecule has 0 bridgehead atoms. The SMILES string of the molecule is NC(=O)CCNCCCO. The maximum atomic E-state index is 10.2. The Balaban J connectivity index is 2.84. The van der Waals surface area contributed by atoms with Gasteiger partial charge in [-0.25, -0.2) is 0 Å². The summed E-state index contributed by atoms with van der Waals surface area (Å²) < 4.78 is 0. The molecule has 0 heterocycles. The highest BCUT2D eigenvalue weighted by atomic mass is 16.3. The van der Waals surface area contributed by atoms with Gasteiger partial charge in [0.2, 0.25) is 5.91 Å². The largest absolute Gasteiger partial charge is 0.396 e. The van der Waals surface area contributed by atoms with E-state index in [1.165, 1.54) is 0 Å². The van der Waals surface area contributed by atoms with Crippen LogP contribution in [0.5, 0.6) is 0 Å². The van der Waals surface area contributed by atoms with E-state index in [2.05, 4.69) is 5.32 Å². The van der Waals surface area contributed by atoms with Crippen LogP contribution in [-0.2, 0) is 4.79 Å². The van der Waals surface area contributed by atoms with E-state index in [0.29, 0.717) is 13.0 Å². The number of carbonyl (C=O) groups excluding carboxylic acids is 1. The van der Waals surface area contributed by atoms with Crippen molar-refractivity contribution in [2.45, 2.75) is 12.8 Å². The molecule has 10 heavy (non-hydrogen) atoms. The summed E-state index contributed by atoms with van der Waals surface area (Å²) in [6, 6.07) is 0. The van der Waals surface area contributed by atoms with Crippen molar-refractivity contribution in [2.24, 2.45) is 5.73 Å². The molecule has 0 atom stereocenters. The van der Waals surface area contributed by atoms with E-state index in [-0.39, 0.29) is 12.5 Å². The number of nitrogens with two attached hydrogens (primary N) is 1. The zero-order valence-corrected chi connectivity index (χ0v) is 5.97. The van der Waals surface area contributed by atoms with Crippen LogP contribution in [0.1, 0.15) is 12.8 Å². The van der Waals surface area contributed by atoms with Gasteiger partial charge in [-0.1, -0.05) is 0 Å². The normalized spacial score (nSPS) is 9.70. The summed E-state index contributed by atoms with van der Waals surface area (Å²) in [6.07, 6.45) is 1.09. The van der Waals surface area contributed by atoms with Crippen LogP contribution in [-0.4, -0.2) is 30.7 Å². The molecule has 0 aliphatic carbocycles. The Morgan fingerprint density at radius 1 is 1.50 bits per heavy atom. The molecule has 4 nitrogen and oxygen atoms in total. The summed E-state index contributed by atoms with van der Waals surface area (Å²) in [5.74, 6) is -0.295. The minimum Gasteiger partial charge on any atom is -0.396 e. The van der Waals surface area contributed by atoms with Crippen LogP contribution in [0.4, 0.5) is 0 Å². The van der Waals surface area contributed by atoms with Crippen molar-refractivity contribution >= 4 is 5.91 Å². The second-order valence-electron chi connectivity index (χ2n) is 2.04. The molecule has 4 N–H and O–H groups in total. The number of hydrogen-bond acceptors (Lipinski definition) is 3. The van der Waals surface area contributed by atoms with Crippen molar-refractivity contribution in [3.63, 3.8) is 0 Å². The molecule has 0 saturated carbocycles. The van der Waals surface area contributed by atoms with Gasteiger partial charge in [0.25, 0.3) is 0 Å². The number of amides is 1. The molecule has 0 unspecified atom stereocenters. The average Bonchev–Trinajstić information content (AvgIpc) is 1.87. The molecule has 0 aromatic rings. The molecule has 1 amide bonds. The highest BCUT2D eigenvalue weighted by Gasteiger charge is 1.91. The topological polar surface area (TPSA) is 75.4 Å². The first-order chi connectivity index (χ1) is 4.77. The van der Waals surface area contributed by atoms with Gasteiger partial charge in [0.15, 0.2) is 0 Å². The summed E-state index contributed by atoms with van der Waals surface area (Å²) in [5.41, 5.74) is 4.88. The van der Waals surface area contributed by atoms with Crippen molar-refractivity contribution < 1.29 is 9.90 Å². The highest BCUT2D eigenvalue weighted by molar-refractivity contribution is 5.73. The third kappa shape index (κ3) is 7.39. The van der Waals surface area contributed by atoms with Crippen molar-refractivity contribution in [3.05, 3.63) is 0 Å². The van der Waals surface area contributed by atoms with E-state index >= 15 is 0 Å². The Bertz CT molecular complexity index is 95.7. The Labute approximate surface area is 60.4 Å². The lowest BCUT2D eigenvalue weighted by atomic mass is 10.4. The number of rotatable bonds is 6. The van der Waals surface area contributed by atoms with Crippen LogP contribution in [0.15, 0.2) is 0 Å². The molecule has 0 aliphatic rings. The van der Waals surface area contributed by atoms with Crippen LogP contribution >= 0.6 is 0 Å². The highest BCUT2D eigenvalue weighted by Crippen LogP contribution is 1.74. The quantitative estimate of drug-likeness (QED) is 0.413. The molecule has 60 valence electrons. The van der Waals surface area contributed by atoms with Gasteiger partial charge in [0, 0.05) is 19.6 Å². The summed E-state index contributed by atoms with van der Waals surface area (Å²) in [6.45, 7) is 1.53. The fourth-order valence-corrected chi connectivity index (χ4v) is 0.541. The van der Waals surface area contributed by atoms with Crippen LogP contribution in [0, 0.1) is 0 Å². The Morgan fingerprint density at radius 3 is 2.70 bits per heavy atom. The molecule has 0 aromatic carbocycles. The minimum absolute atomic E-state index is 0.184. The summed E-state index contributed by atoms with van der Waals surface area (Å²) in [4.78, 5) is 10.2. The van der Waals surface area contributed by atoms with Crippen LogP contribution in [0.3, 0.4) is 0 Å². The lowest BCUT2D eigenvalue weighted by molar-refractivity contribution is -0.117. The van der Waals surface area contributed by atoms with Crippen molar-refractivity contribution in [2.75, 3.05) is 19.7 Å². The molecule has 0 spiro atoms. The predicted molar refractivity (Wildman–Crippen MR) is 38.4 cm³/mol. The number of nitrogens with one attached hydrogen (secondary N) is 1. The number of hydrogen-bond donors (Lipinski definition) is 3. The molecule has 0 radical (unpaired) electrons. The second kappa shape index (κ2) is 6.51. The van der Waals surface area contributed by atoms with Gasteiger partial charge in [-0.3, -0.25) is 4.79 Å². The van der Waals surface area contributed by atoms with Gasteiger partial charge in [0.05, 0.1) is 0 Å². The van der Waals surface area contributed by atoms with Gasteiger partial charge >= 0.3 is 0 Å². The zero-order valence-electron chi connectivity index (χ0n) is 5.97. The Hall–Kier alpha value is -0.610. The Kier molecular flexibility index (Phi) is 6.11. The zero-order chi connectivity index (χ0) is 7.82. The standard InChI is InChI=1S/C6H14N2O2/c7-6(10)2-4-8-3-1-5-9/h8-9H,1-5H2,(H2,7,10). The molecule has 0 saturated heterocycles. The first-order valence-corrected chi connectivity index (χ1v) is 3.37. The summed E-state index contributed by atoms with van der Waals surface area (Å²) >= 11 is 0. The third-order valence-corrected chi connectivity index (χ3v) is 1.06. The molecule has 0 rings (SSSR count). The first-order valence-electron chi connectivity index (χ1n) is 3.37. The van der Waals surface area contributed by atoms with Crippen LogP contribution < -0.4 is 11.1 Å². The van der Waals surface area contributed by atoms with Gasteiger partial charge in [-0.05, 0) is 13.0 Å². The number of aliphatic hydroxyl groups is 1. The minimum atomic E-state index is -0.295. The van der Waals surface area contributed by atoms with Crippen molar-refractivity contribution in [1.82, 2.24) is 5.32 Å². The maximum absolute atomic E-state index is 10.2. The fourth-order valence-electron chi connectivity index (χ4n) is 0.541. The first kappa shape index (κ1) is 9.39. The predicted octanol–water partition coefficient (Wildman–Crippen LogP) is -1.17. The number of carbonyl (C=O) groups is 1. The molecule has 0 aromatic heterocycles. The van der Waals surface area contributed by atoms with Crippen molar-refractivity contribution in [3.8, 4) is 0 Å². The van der Waals surface area contributed by atoms with Gasteiger partial charge in [-0.2, -0.15) is 0 Å². The Morgan fingerprint density at radius 2 is 2.20 bits per heavy atom. The van der Waals surface area contributed by atoms with E-state index in [0.717, 1.165) is 13.0 Å². The molecular formula is C6H14N2O2. The summed E-state index contributed by atoms with van der Waals surface area (Å²) in [5, 5.41) is 11.3. The van der Waals surface area contributed by atoms with Gasteiger partial charge < -0.3 is 16.2 Å². The lowest BCUT2D eigenvalue weighted by Crippen LogP contribution is -2.23. The third-order valence-electron chi connectivity index (χ3n) is 1.06. The molecule has 4 heteroatoms. The summed E-state index contributed by atoms with van der Waals surface area (Å²) in [7, 11) is 0. The van der Waals surface area contributed by atoms with Crippen LogP contribution in [0.25, 0.3) is 0 Å². The number of aliphatic hydroxyl groups excluding tert-OH is 1. The number of primary amides is 1. The van der Waals surface area contributed by atoms with Crippen molar-refractivity contribution in [1.29, 1.82) is 0 Å². The molecule has 0 fully saturated rings. The lowest BCUT2D eigenvalue weighted by Gasteiger charge is -1.99. The second-order valence-corrected chi connectivity index (χ2v) is 2.04. The van der Waals surface area contributed by atoms with E-state index in [9.17, 15) is 4.79 Å². The molecule has 0 aliphatic heterocycles. The molecular weight excluding hydrogens is 132 g/mol. The van der Waals surface area contributed by atoms with Crippen LogP contribution in [0.2, 0.25) is 0 Å². The average molecular weight is 146 g/mol. The van der Waals surface area contributed by atoms with Gasteiger partial charge in [0.1, 0.15) is 0 Å². The van der Waals surface area contributed by atoms with Gasteiger partial charge in [-0.15, -0.1) is 0 Å². The fraction of sp³-hybridized carbons (Fsp3) is 0.833.